The lowest BCUT2D eigenvalue weighted by Gasteiger charge is -2.19. The maximum Gasteiger partial charge on any atom is 0.162 e. The maximum absolute atomic E-state index is 12.2. The molecule has 20 heavy (non-hydrogen) atoms. The zero-order valence-corrected chi connectivity index (χ0v) is 13.4. The Morgan fingerprint density at radius 1 is 1.15 bits per heavy atom. The molecule has 0 aliphatic heterocycles. The maximum atomic E-state index is 12.2. The molecule has 0 saturated carbocycles. The molecule has 1 atom stereocenters. The molecule has 0 aliphatic carbocycles. The number of carbonyl (C=O) groups is 1. The number of Topliss-reactive ketones (excluding diaryl/α,β-unsaturated/α-hetero) is 1. The van der Waals surface area contributed by atoms with Gasteiger partial charge in [0.1, 0.15) is 0 Å². The molecule has 0 heterocycles. The second-order valence-corrected chi connectivity index (χ2v) is 6.64. The van der Waals surface area contributed by atoms with Crippen LogP contribution in [0.4, 0.5) is 0 Å². The van der Waals surface area contributed by atoms with Gasteiger partial charge in [-0.3, -0.25) is 4.79 Å². The summed E-state index contributed by atoms with van der Waals surface area (Å²) in [5.41, 5.74) is 7.83. The van der Waals surface area contributed by atoms with E-state index in [0.717, 1.165) is 24.8 Å². The first-order valence-electron chi connectivity index (χ1n) is 7.72. The van der Waals surface area contributed by atoms with E-state index >= 15 is 0 Å². The van der Waals surface area contributed by atoms with E-state index < -0.39 is 0 Å². The Labute approximate surface area is 123 Å². The van der Waals surface area contributed by atoms with Crippen molar-refractivity contribution in [3.8, 4) is 0 Å². The molecule has 0 bridgehead atoms. The van der Waals surface area contributed by atoms with Crippen molar-refractivity contribution >= 4 is 5.78 Å². The smallest absolute Gasteiger partial charge is 0.162 e. The fourth-order valence-electron chi connectivity index (χ4n) is 2.42. The van der Waals surface area contributed by atoms with E-state index in [9.17, 15) is 4.79 Å². The van der Waals surface area contributed by atoms with Gasteiger partial charge in [0, 0.05) is 12.0 Å². The zero-order valence-electron chi connectivity index (χ0n) is 13.4. The number of rotatable bonds is 7. The SMILES string of the molecule is CCC(CCN)CCC(=O)c1ccc(C(C)(C)C)cc1. The third kappa shape index (κ3) is 5.09. The summed E-state index contributed by atoms with van der Waals surface area (Å²) in [5, 5.41) is 0. The predicted octanol–water partition coefficient (Wildman–Crippen LogP) is 4.32. The Morgan fingerprint density at radius 2 is 1.75 bits per heavy atom. The van der Waals surface area contributed by atoms with Crippen molar-refractivity contribution in [1.82, 2.24) is 0 Å². The third-order valence-electron chi connectivity index (χ3n) is 4.00. The van der Waals surface area contributed by atoms with Crippen LogP contribution >= 0.6 is 0 Å². The summed E-state index contributed by atoms with van der Waals surface area (Å²) in [4.78, 5) is 12.2. The first-order chi connectivity index (χ1) is 9.38. The van der Waals surface area contributed by atoms with Crippen LogP contribution in [0, 0.1) is 5.92 Å². The minimum atomic E-state index is 0.135. The van der Waals surface area contributed by atoms with Gasteiger partial charge in [0.2, 0.25) is 0 Å². The van der Waals surface area contributed by atoms with E-state index in [1.165, 1.54) is 5.56 Å². The van der Waals surface area contributed by atoms with Gasteiger partial charge in [-0.1, -0.05) is 58.4 Å². The molecule has 2 heteroatoms. The molecule has 1 aromatic carbocycles. The molecule has 1 unspecified atom stereocenters. The highest BCUT2D eigenvalue weighted by atomic mass is 16.1. The van der Waals surface area contributed by atoms with Gasteiger partial charge in [0.25, 0.3) is 0 Å². The van der Waals surface area contributed by atoms with Crippen molar-refractivity contribution in [3.05, 3.63) is 35.4 Å². The van der Waals surface area contributed by atoms with E-state index in [0.29, 0.717) is 18.9 Å². The van der Waals surface area contributed by atoms with Crippen molar-refractivity contribution in [2.24, 2.45) is 11.7 Å². The summed E-state index contributed by atoms with van der Waals surface area (Å²) in [6, 6.07) is 8.08. The number of hydrogen-bond donors (Lipinski definition) is 1. The van der Waals surface area contributed by atoms with Crippen LogP contribution in [0.15, 0.2) is 24.3 Å². The molecule has 0 spiro atoms. The molecule has 2 nitrogen and oxygen atoms in total. The van der Waals surface area contributed by atoms with E-state index in [2.05, 4.69) is 39.8 Å². The number of carbonyl (C=O) groups excluding carboxylic acids is 1. The molecule has 112 valence electrons. The summed E-state index contributed by atoms with van der Waals surface area (Å²) in [7, 11) is 0. The average Bonchev–Trinajstić information content (AvgIpc) is 2.42. The first-order valence-corrected chi connectivity index (χ1v) is 7.72. The largest absolute Gasteiger partial charge is 0.330 e. The van der Waals surface area contributed by atoms with Crippen molar-refractivity contribution in [2.75, 3.05) is 6.54 Å². The Kier molecular flexibility index (Phi) is 6.41. The van der Waals surface area contributed by atoms with Gasteiger partial charge < -0.3 is 5.73 Å². The van der Waals surface area contributed by atoms with Crippen LogP contribution in [0.2, 0.25) is 0 Å². The molecule has 0 fully saturated rings. The zero-order chi connectivity index (χ0) is 15.2. The predicted molar refractivity (Wildman–Crippen MR) is 86.2 cm³/mol. The topological polar surface area (TPSA) is 43.1 Å². The van der Waals surface area contributed by atoms with Crippen molar-refractivity contribution in [2.45, 2.75) is 58.8 Å². The van der Waals surface area contributed by atoms with Crippen LogP contribution in [0.5, 0.6) is 0 Å². The second kappa shape index (κ2) is 7.58. The summed E-state index contributed by atoms with van der Waals surface area (Å²) in [6.07, 6.45) is 3.71. The fourth-order valence-corrected chi connectivity index (χ4v) is 2.42. The summed E-state index contributed by atoms with van der Waals surface area (Å²) in [5.74, 6) is 0.832. The van der Waals surface area contributed by atoms with Crippen molar-refractivity contribution in [1.29, 1.82) is 0 Å². The lowest BCUT2D eigenvalue weighted by molar-refractivity contribution is 0.0972. The Bertz CT molecular complexity index is 414. The van der Waals surface area contributed by atoms with Crippen LogP contribution in [-0.4, -0.2) is 12.3 Å². The molecular weight excluding hydrogens is 246 g/mol. The molecule has 0 aliphatic rings. The monoisotopic (exact) mass is 275 g/mol. The van der Waals surface area contributed by atoms with Crippen LogP contribution in [-0.2, 0) is 5.41 Å². The number of ketones is 1. The molecule has 1 rings (SSSR count). The number of benzene rings is 1. The highest BCUT2D eigenvalue weighted by Gasteiger charge is 2.15. The number of nitrogens with two attached hydrogens (primary N) is 1. The Morgan fingerprint density at radius 3 is 2.20 bits per heavy atom. The van der Waals surface area contributed by atoms with Crippen LogP contribution in [0.3, 0.4) is 0 Å². The Hall–Kier alpha value is -1.15. The second-order valence-electron chi connectivity index (χ2n) is 6.64. The molecule has 0 aromatic heterocycles. The minimum Gasteiger partial charge on any atom is -0.330 e. The van der Waals surface area contributed by atoms with Gasteiger partial charge in [0.05, 0.1) is 0 Å². The lowest BCUT2D eigenvalue weighted by atomic mass is 9.86. The van der Waals surface area contributed by atoms with Crippen LogP contribution in [0.1, 0.15) is 69.3 Å². The molecule has 1 aromatic rings. The summed E-state index contributed by atoms with van der Waals surface area (Å²) in [6.45, 7) is 9.43. The van der Waals surface area contributed by atoms with E-state index in [4.69, 9.17) is 5.73 Å². The van der Waals surface area contributed by atoms with E-state index in [-0.39, 0.29) is 11.2 Å². The summed E-state index contributed by atoms with van der Waals surface area (Å²) < 4.78 is 0. The van der Waals surface area contributed by atoms with Gasteiger partial charge in [-0.05, 0) is 36.3 Å². The minimum absolute atomic E-state index is 0.135. The fraction of sp³-hybridized carbons (Fsp3) is 0.611. The highest BCUT2D eigenvalue weighted by molar-refractivity contribution is 5.96. The van der Waals surface area contributed by atoms with Gasteiger partial charge >= 0.3 is 0 Å². The number of hydrogen-bond acceptors (Lipinski definition) is 2. The average molecular weight is 275 g/mol. The van der Waals surface area contributed by atoms with Gasteiger partial charge in [-0.25, -0.2) is 0 Å². The van der Waals surface area contributed by atoms with Crippen LogP contribution < -0.4 is 5.73 Å². The Balaban J connectivity index is 2.60. The van der Waals surface area contributed by atoms with Crippen molar-refractivity contribution < 1.29 is 4.79 Å². The molecule has 2 N–H and O–H groups in total. The van der Waals surface area contributed by atoms with Gasteiger partial charge in [-0.2, -0.15) is 0 Å². The van der Waals surface area contributed by atoms with Crippen molar-refractivity contribution in [3.63, 3.8) is 0 Å². The molecular formula is C18H29NO. The van der Waals surface area contributed by atoms with E-state index in [1.54, 1.807) is 0 Å². The lowest BCUT2D eigenvalue weighted by Crippen LogP contribution is -2.12. The third-order valence-corrected chi connectivity index (χ3v) is 4.00. The molecule has 0 amide bonds. The highest BCUT2D eigenvalue weighted by Crippen LogP contribution is 2.23. The van der Waals surface area contributed by atoms with Crippen LogP contribution in [0.25, 0.3) is 0 Å². The standard InChI is InChI=1S/C18H29NO/c1-5-14(12-13-19)6-11-17(20)15-7-9-16(10-8-15)18(2,3)4/h7-10,14H,5-6,11-13,19H2,1-4H3. The first kappa shape index (κ1) is 16.9. The van der Waals surface area contributed by atoms with Gasteiger partial charge in [-0.15, -0.1) is 0 Å². The molecule has 0 radical (unpaired) electrons. The molecule has 0 saturated heterocycles. The normalized spacial score (nSPS) is 13.2. The summed E-state index contributed by atoms with van der Waals surface area (Å²) >= 11 is 0. The van der Waals surface area contributed by atoms with Gasteiger partial charge in [0.15, 0.2) is 5.78 Å². The van der Waals surface area contributed by atoms with E-state index in [1.807, 2.05) is 12.1 Å². The quantitative estimate of drug-likeness (QED) is 0.753.